The average Bonchev–Trinajstić information content (AvgIpc) is 3.02. The number of carbonyl (C=O) groups is 1. The summed E-state index contributed by atoms with van der Waals surface area (Å²) in [5.41, 5.74) is 1.37. The van der Waals surface area contributed by atoms with Crippen LogP contribution in [0.5, 0.6) is 0 Å². The number of rotatable bonds is 13. The first kappa shape index (κ1) is 21.7. The van der Waals surface area contributed by atoms with E-state index in [1.165, 1.54) is 75.9 Å². The van der Waals surface area contributed by atoms with Gasteiger partial charge < -0.3 is 5.11 Å². The van der Waals surface area contributed by atoms with Gasteiger partial charge in [0.05, 0.1) is 0 Å². The molecular formula is C23H38O2. The van der Waals surface area contributed by atoms with Crippen LogP contribution in [0.2, 0.25) is 0 Å². The van der Waals surface area contributed by atoms with Crippen molar-refractivity contribution in [3.8, 4) is 0 Å². The molecule has 0 saturated heterocycles. The van der Waals surface area contributed by atoms with Crippen LogP contribution in [0.25, 0.3) is 0 Å². The molecule has 1 saturated carbocycles. The van der Waals surface area contributed by atoms with Gasteiger partial charge in [-0.05, 0) is 37.5 Å². The summed E-state index contributed by atoms with van der Waals surface area (Å²) in [6, 6.07) is 0. The molecule has 2 nitrogen and oxygen atoms in total. The first-order chi connectivity index (χ1) is 12.2. The molecule has 0 aromatic rings. The number of hydrogen-bond donors (Lipinski definition) is 1. The van der Waals surface area contributed by atoms with Crippen LogP contribution in [-0.2, 0) is 4.79 Å². The third-order valence-electron chi connectivity index (χ3n) is 5.27. The van der Waals surface area contributed by atoms with E-state index in [1.807, 2.05) is 6.08 Å². The molecule has 1 N–H and O–H groups in total. The normalized spacial score (nSPS) is 21.6. The maximum absolute atomic E-state index is 10.5. The minimum Gasteiger partial charge on any atom is -0.478 e. The van der Waals surface area contributed by atoms with E-state index in [-0.39, 0.29) is 0 Å². The van der Waals surface area contributed by atoms with Crippen molar-refractivity contribution in [2.75, 3.05) is 0 Å². The van der Waals surface area contributed by atoms with Crippen LogP contribution in [0, 0.1) is 11.8 Å². The highest BCUT2D eigenvalue weighted by molar-refractivity contribution is 5.80. The Morgan fingerprint density at radius 3 is 2.40 bits per heavy atom. The third kappa shape index (κ3) is 10.3. The molecule has 2 heteroatoms. The molecule has 1 aliphatic carbocycles. The van der Waals surface area contributed by atoms with Crippen molar-refractivity contribution in [3.63, 3.8) is 0 Å². The van der Waals surface area contributed by atoms with E-state index in [0.717, 1.165) is 24.7 Å². The van der Waals surface area contributed by atoms with Gasteiger partial charge in [-0.15, -0.1) is 0 Å². The monoisotopic (exact) mass is 346 g/mol. The van der Waals surface area contributed by atoms with Crippen LogP contribution >= 0.6 is 0 Å². The van der Waals surface area contributed by atoms with Gasteiger partial charge in [-0.25, -0.2) is 4.79 Å². The second-order valence-electron chi connectivity index (χ2n) is 7.46. The number of carboxylic acid groups (broad SMARTS) is 1. The van der Waals surface area contributed by atoms with Gasteiger partial charge in [0.15, 0.2) is 0 Å². The van der Waals surface area contributed by atoms with Gasteiger partial charge in [-0.1, -0.05) is 95.1 Å². The molecule has 0 amide bonds. The molecule has 2 atom stereocenters. The van der Waals surface area contributed by atoms with Crippen molar-refractivity contribution < 1.29 is 9.90 Å². The maximum Gasteiger partial charge on any atom is 0.328 e. The molecule has 0 heterocycles. The largest absolute Gasteiger partial charge is 0.478 e. The Balaban J connectivity index is 2.49. The van der Waals surface area contributed by atoms with E-state index in [1.54, 1.807) is 6.08 Å². The number of unbranched alkanes of at least 4 members (excludes halogenated alkanes) is 5. The number of allylic oxidation sites excluding steroid dienone is 5. The molecule has 1 fully saturated rings. The van der Waals surface area contributed by atoms with Gasteiger partial charge in [0, 0.05) is 6.08 Å². The van der Waals surface area contributed by atoms with Gasteiger partial charge >= 0.3 is 5.97 Å². The minimum absolute atomic E-state index is 0.727. The lowest BCUT2D eigenvalue weighted by Crippen LogP contribution is -2.06. The van der Waals surface area contributed by atoms with Gasteiger partial charge in [-0.3, -0.25) is 0 Å². The molecule has 0 aromatic carbocycles. The van der Waals surface area contributed by atoms with E-state index >= 15 is 0 Å². The zero-order valence-electron chi connectivity index (χ0n) is 16.4. The van der Waals surface area contributed by atoms with E-state index in [0.29, 0.717) is 0 Å². The fraction of sp³-hybridized carbons (Fsp3) is 0.696. The van der Waals surface area contributed by atoms with Crippen molar-refractivity contribution in [2.24, 2.45) is 11.8 Å². The molecule has 0 bridgehead atoms. The molecule has 0 spiro atoms. The maximum atomic E-state index is 10.5. The molecule has 0 unspecified atom stereocenters. The topological polar surface area (TPSA) is 37.3 Å². The second kappa shape index (κ2) is 13.9. The summed E-state index contributed by atoms with van der Waals surface area (Å²) in [5.74, 6) is 0.701. The summed E-state index contributed by atoms with van der Waals surface area (Å²) in [6.07, 6.45) is 25.2. The summed E-state index contributed by atoms with van der Waals surface area (Å²) in [5, 5.41) is 8.66. The molecule has 25 heavy (non-hydrogen) atoms. The number of carboxylic acids is 1. The predicted molar refractivity (Wildman–Crippen MR) is 108 cm³/mol. The molecule has 0 aliphatic heterocycles. The molecule has 142 valence electrons. The molecule has 0 radical (unpaired) electrons. The van der Waals surface area contributed by atoms with Crippen molar-refractivity contribution in [2.45, 2.75) is 90.9 Å². The summed E-state index contributed by atoms with van der Waals surface area (Å²) in [6.45, 7) is 4.48. The molecule has 1 aliphatic rings. The second-order valence-corrected chi connectivity index (χ2v) is 7.46. The summed E-state index contributed by atoms with van der Waals surface area (Å²) >= 11 is 0. The van der Waals surface area contributed by atoms with Gasteiger partial charge in [0.1, 0.15) is 0 Å². The smallest absolute Gasteiger partial charge is 0.328 e. The quantitative estimate of drug-likeness (QED) is 0.220. The number of aliphatic carboxylic acids is 1. The lowest BCUT2D eigenvalue weighted by Gasteiger charge is -2.17. The Labute approximate surface area is 155 Å². The lowest BCUT2D eigenvalue weighted by molar-refractivity contribution is -0.131. The standard InChI is InChI=1S/C23H38O2/c1-3-5-6-7-8-9-15-21-16-12-17-22(21)19-20(13-4-2)14-10-11-18-23(24)25/h10-11,14,18-19,21-22H,3-9,12-13,15-17H2,1-2H3,(H,24,25)/t21-,22+/m0/s1. The Morgan fingerprint density at radius 2 is 1.68 bits per heavy atom. The summed E-state index contributed by atoms with van der Waals surface area (Å²) in [7, 11) is 0. The molecular weight excluding hydrogens is 308 g/mol. The zero-order valence-corrected chi connectivity index (χ0v) is 16.4. The van der Waals surface area contributed by atoms with E-state index in [2.05, 4.69) is 26.0 Å². The Bertz CT molecular complexity index is 445. The van der Waals surface area contributed by atoms with Crippen LogP contribution in [0.15, 0.2) is 36.0 Å². The third-order valence-corrected chi connectivity index (χ3v) is 5.27. The van der Waals surface area contributed by atoms with E-state index in [4.69, 9.17) is 5.11 Å². The molecule has 0 aromatic heterocycles. The van der Waals surface area contributed by atoms with Crippen molar-refractivity contribution >= 4 is 5.97 Å². The van der Waals surface area contributed by atoms with Gasteiger partial charge in [0.2, 0.25) is 0 Å². The summed E-state index contributed by atoms with van der Waals surface area (Å²) in [4.78, 5) is 10.5. The molecule has 1 rings (SSSR count). The van der Waals surface area contributed by atoms with Crippen molar-refractivity contribution in [1.29, 1.82) is 0 Å². The summed E-state index contributed by atoms with van der Waals surface area (Å²) < 4.78 is 0. The first-order valence-electron chi connectivity index (χ1n) is 10.5. The van der Waals surface area contributed by atoms with Crippen molar-refractivity contribution in [1.82, 2.24) is 0 Å². The lowest BCUT2D eigenvalue weighted by atomic mass is 9.88. The van der Waals surface area contributed by atoms with Crippen LogP contribution in [0.3, 0.4) is 0 Å². The van der Waals surface area contributed by atoms with Crippen molar-refractivity contribution in [3.05, 3.63) is 36.0 Å². The van der Waals surface area contributed by atoms with E-state index < -0.39 is 5.97 Å². The number of hydrogen-bond acceptors (Lipinski definition) is 1. The highest BCUT2D eigenvalue weighted by atomic mass is 16.4. The predicted octanol–water partition coefficient (Wildman–Crippen LogP) is 7.08. The Hall–Kier alpha value is -1.31. The SMILES string of the molecule is CCCCCCCC[C@H]1CCC[C@@H]1C=C(C=CC=CC(=O)O)CCC. The Kier molecular flexibility index (Phi) is 12.1. The fourth-order valence-corrected chi connectivity index (χ4v) is 3.93. The van der Waals surface area contributed by atoms with Crippen LogP contribution in [0.4, 0.5) is 0 Å². The van der Waals surface area contributed by atoms with Crippen LogP contribution in [-0.4, -0.2) is 11.1 Å². The Morgan fingerprint density at radius 1 is 0.960 bits per heavy atom. The van der Waals surface area contributed by atoms with Gasteiger partial charge in [0.25, 0.3) is 0 Å². The van der Waals surface area contributed by atoms with E-state index in [9.17, 15) is 4.79 Å². The minimum atomic E-state index is -0.888. The highest BCUT2D eigenvalue weighted by Crippen LogP contribution is 2.37. The van der Waals surface area contributed by atoms with Crippen LogP contribution in [0.1, 0.15) is 90.9 Å². The zero-order chi connectivity index (χ0) is 18.3. The first-order valence-corrected chi connectivity index (χ1v) is 10.5. The van der Waals surface area contributed by atoms with Crippen LogP contribution < -0.4 is 0 Å². The van der Waals surface area contributed by atoms with Gasteiger partial charge in [-0.2, -0.15) is 0 Å². The fourth-order valence-electron chi connectivity index (χ4n) is 3.93. The average molecular weight is 347 g/mol. The highest BCUT2D eigenvalue weighted by Gasteiger charge is 2.25.